The number of alkyl halides is 1. The molecule has 1 aliphatic carbocycles. The first-order valence-electron chi connectivity index (χ1n) is 12.5. The summed E-state index contributed by atoms with van der Waals surface area (Å²) in [5, 5.41) is 6.53. The first kappa shape index (κ1) is 27.6. The summed E-state index contributed by atoms with van der Waals surface area (Å²) in [6.07, 6.45) is 6.31. The van der Waals surface area contributed by atoms with E-state index in [0.29, 0.717) is 42.0 Å². The van der Waals surface area contributed by atoms with E-state index in [4.69, 9.17) is 10.3 Å². The van der Waals surface area contributed by atoms with Gasteiger partial charge in [0.25, 0.3) is 0 Å². The third kappa shape index (κ3) is 5.83. The van der Waals surface area contributed by atoms with Crippen LogP contribution < -0.4 is 11.1 Å². The lowest BCUT2D eigenvalue weighted by molar-refractivity contribution is 0.391. The van der Waals surface area contributed by atoms with Crippen molar-refractivity contribution < 1.29 is 21.7 Å². The lowest BCUT2D eigenvalue weighted by Crippen LogP contribution is -2.27. The SMILES string of the molecule is CCC(C)S(=O)(=O)C1=CC=C(c2cnc(N)c(-c3cc(-c4ccc(CNC(C)CF)cc4F)no3)n2)CC1. The molecule has 0 saturated carbocycles. The van der Waals surface area contributed by atoms with Gasteiger partial charge >= 0.3 is 0 Å². The summed E-state index contributed by atoms with van der Waals surface area (Å²) < 4.78 is 58.3. The molecule has 0 bridgehead atoms. The zero-order valence-electron chi connectivity index (χ0n) is 21.5. The van der Waals surface area contributed by atoms with E-state index in [2.05, 4.69) is 20.4 Å². The predicted molar refractivity (Wildman–Crippen MR) is 144 cm³/mol. The molecule has 1 aromatic carbocycles. The second kappa shape index (κ2) is 11.5. The fourth-order valence-corrected chi connectivity index (χ4v) is 5.62. The fourth-order valence-electron chi connectivity index (χ4n) is 4.02. The van der Waals surface area contributed by atoms with E-state index in [1.165, 1.54) is 18.3 Å². The van der Waals surface area contributed by atoms with Crippen molar-refractivity contribution in [1.82, 2.24) is 20.4 Å². The van der Waals surface area contributed by atoms with E-state index in [0.717, 1.165) is 5.57 Å². The molecule has 11 heteroatoms. The monoisotopic (exact) mass is 543 g/mol. The number of hydrogen-bond acceptors (Lipinski definition) is 8. The highest BCUT2D eigenvalue weighted by Crippen LogP contribution is 2.33. The van der Waals surface area contributed by atoms with Crippen molar-refractivity contribution in [3.8, 4) is 22.7 Å². The molecular formula is C27H31F2N5O3S. The van der Waals surface area contributed by atoms with E-state index in [1.54, 1.807) is 38.1 Å². The molecule has 2 atom stereocenters. The van der Waals surface area contributed by atoms with Crippen LogP contribution in [0.4, 0.5) is 14.6 Å². The average Bonchev–Trinajstić information content (AvgIpc) is 3.41. The second-order valence-electron chi connectivity index (χ2n) is 9.40. The first-order valence-corrected chi connectivity index (χ1v) is 14.0. The van der Waals surface area contributed by atoms with Crippen molar-refractivity contribution in [2.75, 3.05) is 12.4 Å². The minimum Gasteiger partial charge on any atom is -0.382 e. The Labute approximate surface area is 221 Å². The van der Waals surface area contributed by atoms with Crippen molar-refractivity contribution in [3.05, 3.63) is 64.6 Å². The van der Waals surface area contributed by atoms with Crippen molar-refractivity contribution in [1.29, 1.82) is 0 Å². The highest BCUT2D eigenvalue weighted by Gasteiger charge is 2.26. The highest BCUT2D eigenvalue weighted by molar-refractivity contribution is 7.95. The average molecular weight is 544 g/mol. The van der Waals surface area contributed by atoms with E-state index in [1.807, 2.05) is 6.92 Å². The lowest BCUT2D eigenvalue weighted by atomic mass is 10.0. The van der Waals surface area contributed by atoms with Gasteiger partial charge in [0.05, 0.1) is 17.1 Å². The maximum atomic E-state index is 14.8. The molecule has 2 heterocycles. The Bertz CT molecular complexity index is 1480. The Morgan fingerprint density at radius 1 is 1.16 bits per heavy atom. The van der Waals surface area contributed by atoms with Gasteiger partial charge in [0.2, 0.25) is 0 Å². The van der Waals surface area contributed by atoms with Gasteiger partial charge < -0.3 is 15.6 Å². The predicted octanol–water partition coefficient (Wildman–Crippen LogP) is 5.24. The van der Waals surface area contributed by atoms with Crippen LogP contribution in [0, 0.1) is 5.82 Å². The van der Waals surface area contributed by atoms with E-state index < -0.39 is 27.6 Å². The molecule has 202 valence electrons. The Morgan fingerprint density at radius 2 is 1.95 bits per heavy atom. The number of nitrogen functional groups attached to an aromatic ring is 1. The Hall–Kier alpha value is -3.44. The molecule has 2 unspecified atom stereocenters. The van der Waals surface area contributed by atoms with Gasteiger partial charge in [-0.25, -0.2) is 27.2 Å². The van der Waals surface area contributed by atoms with Gasteiger partial charge in [0, 0.05) is 29.1 Å². The Morgan fingerprint density at radius 3 is 2.61 bits per heavy atom. The maximum Gasteiger partial charge on any atom is 0.189 e. The summed E-state index contributed by atoms with van der Waals surface area (Å²) >= 11 is 0. The Kier molecular flexibility index (Phi) is 8.37. The van der Waals surface area contributed by atoms with Crippen LogP contribution in [-0.2, 0) is 16.4 Å². The van der Waals surface area contributed by atoms with Gasteiger partial charge in [0.1, 0.15) is 18.2 Å². The second-order valence-corrected chi connectivity index (χ2v) is 11.8. The summed E-state index contributed by atoms with van der Waals surface area (Å²) in [5.41, 5.74) is 8.85. The number of aromatic nitrogens is 3. The topological polar surface area (TPSA) is 124 Å². The highest BCUT2D eigenvalue weighted by atomic mass is 32.2. The third-order valence-corrected chi connectivity index (χ3v) is 9.11. The van der Waals surface area contributed by atoms with Crippen LogP contribution in [0.2, 0.25) is 0 Å². The molecule has 0 radical (unpaired) electrons. The number of benzene rings is 1. The summed E-state index contributed by atoms with van der Waals surface area (Å²) in [6.45, 7) is 5.10. The summed E-state index contributed by atoms with van der Waals surface area (Å²) in [4.78, 5) is 9.25. The zero-order valence-corrected chi connectivity index (χ0v) is 22.4. The molecule has 0 amide bonds. The molecule has 38 heavy (non-hydrogen) atoms. The zero-order chi connectivity index (χ0) is 27.4. The number of allylic oxidation sites excluding steroid dienone is 4. The van der Waals surface area contributed by atoms with Crippen molar-refractivity contribution in [2.45, 2.75) is 57.9 Å². The van der Waals surface area contributed by atoms with E-state index >= 15 is 0 Å². The Balaban J connectivity index is 1.57. The minimum absolute atomic E-state index is 0.118. The van der Waals surface area contributed by atoms with Crippen LogP contribution >= 0.6 is 0 Å². The van der Waals surface area contributed by atoms with Gasteiger partial charge in [-0.2, -0.15) is 0 Å². The number of nitrogens with zero attached hydrogens (tertiary/aromatic N) is 3. The van der Waals surface area contributed by atoms with Crippen LogP contribution in [0.25, 0.3) is 28.3 Å². The number of sulfone groups is 1. The van der Waals surface area contributed by atoms with Gasteiger partial charge in [-0.15, -0.1) is 0 Å². The molecule has 3 N–H and O–H groups in total. The standard InChI is InChI=1S/C27H31F2N5O3S/c1-4-17(3)38(35,36)20-8-6-19(7-9-20)24-15-32-27(30)26(33-24)25-12-23(34-37-25)21-10-5-18(11-22(21)29)14-31-16(2)13-28/h5-6,8,10-12,15-17,31H,4,7,9,13-14H2,1-3H3,(H2,30,32). The number of hydrogen-bond donors (Lipinski definition) is 2. The van der Waals surface area contributed by atoms with Crippen LogP contribution in [0.15, 0.2) is 52.0 Å². The molecule has 2 aromatic heterocycles. The van der Waals surface area contributed by atoms with Gasteiger partial charge in [-0.1, -0.05) is 24.2 Å². The number of rotatable bonds is 10. The van der Waals surface area contributed by atoms with Crippen molar-refractivity contribution >= 4 is 21.2 Å². The molecule has 0 saturated heterocycles. The molecule has 4 rings (SSSR count). The first-order chi connectivity index (χ1) is 18.1. The van der Waals surface area contributed by atoms with E-state index in [9.17, 15) is 17.2 Å². The van der Waals surface area contributed by atoms with Crippen LogP contribution in [0.3, 0.4) is 0 Å². The van der Waals surface area contributed by atoms with Crippen LogP contribution in [0.1, 0.15) is 51.3 Å². The summed E-state index contributed by atoms with van der Waals surface area (Å²) in [5.74, 6) is -0.153. The molecule has 0 spiro atoms. The quantitative estimate of drug-likeness (QED) is 0.356. The van der Waals surface area contributed by atoms with Crippen molar-refractivity contribution in [2.24, 2.45) is 0 Å². The van der Waals surface area contributed by atoms with Crippen LogP contribution in [0.5, 0.6) is 0 Å². The van der Waals surface area contributed by atoms with Gasteiger partial charge in [0.15, 0.2) is 27.1 Å². The smallest absolute Gasteiger partial charge is 0.189 e. The summed E-state index contributed by atoms with van der Waals surface area (Å²) in [7, 11) is -3.33. The fraction of sp³-hybridized carbons (Fsp3) is 0.370. The van der Waals surface area contributed by atoms with Crippen molar-refractivity contribution in [3.63, 3.8) is 0 Å². The number of halogens is 2. The number of nitrogens with two attached hydrogens (primary N) is 1. The normalized spacial score (nSPS) is 15.6. The minimum atomic E-state index is -3.33. The largest absolute Gasteiger partial charge is 0.382 e. The molecule has 8 nitrogen and oxygen atoms in total. The maximum absolute atomic E-state index is 14.8. The number of nitrogens with one attached hydrogen (secondary N) is 1. The van der Waals surface area contributed by atoms with Crippen LogP contribution in [-0.4, -0.2) is 41.5 Å². The molecule has 0 aliphatic heterocycles. The van der Waals surface area contributed by atoms with Gasteiger partial charge in [-0.05, 0) is 62.5 Å². The molecule has 1 aliphatic rings. The molecular weight excluding hydrogens is 512 g/mol. The lowest BCUT2D eigenvalue weighted by Gasteiger charge is -2.18. The third-order valence-electron chi connectivity index (χ3n) is 6.65. The summed E-state index contributed by atoms with van der Waals surface area (Å²) in [6, 6.07) is 5.91. The molecule has 0 fully saturated rings. The van der Waals surface area contributed by atoms with E-state index in [-0.39, 0.29) is 34.6 Å². The molecule has 3 aromatic rings. The van der Waals surface area contributed by atoms with Gasteiger partial charge in [-0.3, -0.25) is 0 Å². The number of anilines is 1.